The van der Waals surface area contributed by atoms with Crippen molar-refractivity contribution in [2.45, 2.75) is 34.7 Å². The highest BCUT2D eigenvalue weighted by Crippen LogP contribution is 2.40. The summed E-state index contributed by atoms with van der Waals surface area (Å²) < 4.78 is 95.5. The number of hydrogen-bond donors (Lipinski definition) is 2. The van der Waals surface area contributed by atoms with E-state index in [0.29, 0.717) is 72.3 Å². The summed E-state index contributed by atoms with van der Waals surface area (Å²) in [5.41, 5.74) is 0.981. The lowest BCUT2D eigenvalue weighted by Gasteiger charge is -2.20. The van der Waals surface area contributed by atoms with Crippen LogP contribution in [0.25, 0.3) is 20.2 Å². The normalized spacial score (nSPS) is 14.6. The summed E-state index contributed by atoms with van der Waals surface area (Å²) >= 11 is 3.03. The smallest absolute Gasteiger partial charge is 0.241 e. The van der Waals surface area contributed by atoms with E-state index in [0.717, 1.165) is 42.8 Å². The highest BCUT2D eigenvalue weighted by Gasteiger charge is 2.31. The number of hydrogen-bond acceptors (Lipinski definition) is 14. The van der Waals surface area contributed by atoms with Crippen LogP contribution in [0.15, 0.2) is 144 Å². The third-order valence-electron chi connectivity index (χ3n) is 10.6. The van der Waals surface area contributed by atoms with Crippen LogP contribution in [0.3, 0.4) is 0 Å². The van der Waals surface area contributed by atoms with Crippen LogP contribution in [0.1, 0.15) is 46.1 Å². The molecule has 340 valence electrons. The van der Waals surface area contributed by atoms with Crippen molar-refractivity contribution in [3.8, 4) is 34.5 Å². The number of rotatable bonds is 12. The van der Waals surface area contributed by atoms with Crippen LogP contribution in [-0.2, 0) is 20.0 Å². The Morgan fingerprint density at radius 2 is 0.924 bits per heavy atom. The molecule has 2 aliphatic heterocycles. The van der Waals surface area contributed by atoms with Crippen molar-refractivity contribution >= 4 is 62.9 Å². The summed E-state index contributed by atoms with van der Waals surface area (Å²) in [6.45, 7) is 2.01. The molecule has 0 spiro atoms. The number of thiophene rings is 2. The van der Waals surface area contributed by atoms with Gasteiger partial charge in [0.2, 0.25) is 20.0 Å². The first-order valence-corrected chi connectivity index (χ1v) is 25.5. The van der Waals surface area contributed by atoms with Gasteiger partial charge in [0.25, 0.3) is 0 Å². The molecule has 6 heterocycles. The summed E-state index contributed by atoms with van der Waals surface area (Å²) in [6, 6.07) is 34.7. The van der Waals surface area contributed by atoms with E-state index in [1.54, 1.807) is 63.0 Å². The molecular weight excluding hydrogens is 921 g/mol. The van der Waals surface area contributed by atoms with Crippen molar-refractivity contribution in [3.63, 3.8) is 0 Å². The predicted octanol–water partition coefficient (Wildman–Crippen LogP) is 9.07. The second kappa shape index (κ2) is 19.7. The largest absolute Gasteiger partial charge is 0.495 e. The van der Waals surface area contributed by atoms with Crippen LogP contribution < -0.4 is 37.9 Å². The number of sulfonamides is 2. The fraction of sp³-hybridized carbons (Fsp3) is 0.208. The van der Waals surface area contributed by atoms with Gasteiger partial charge in [-0.25, -0.2) is 16.8 Å². The maximum atomic E-state index is 13.5. The molecule has 18 heteroatoms. The van der Waals surface area contributed by atoms with E-state index in [-0.39, 0.29) is 9.79 Å². The zero-order chi connectivity index (χ0) is 45.7. The molecule has 0 radical (unpaired) electrons. The maximum absolute atomic E-state index is 13.5. The van der Waals surface area contributed by atoms with Gasteiger partial charge in [-0.2, -0.15) is 9.44 Å². The number of fused-ring (bicyclic) bond motifs is 4. The van der Waals surface area contributed by atoms with E-state index >= 15 is 0 Å². The average molecular weight is 965 g/mol. The summed E-state index contributed by atoms with van der Waals surface area (Å²) in [6.07, 6.45) is 4.73. The Labute approximate surface area is 390 Å². The van der Waals surface area contributed by atoms with Crippen molar-refractivity contribution in [2.24, 2.45) is 0 Å². The van der Waals surface area contributed by atoms with Gasteiger partial charge in [0.1, 0.15) is 35.0 Å². The standard InChI is InChI=1S/2C24H22N2O5S2/c2*1-29-19-7-4-11-25-23(19)24(22-14-16-6-2-3-8-21(16)32-22)26-33(27,28)17-9-10-18-20(15-17)31-13-5-12-30-18/h2*2-4,6-11,14-15,24,26H,5,12-13H2,1H3. The van der Waals surface area contributed by atoms with Crippen molar-refractivity contribution in [2.75, 3.05) is 40.6 Å². The highest BCUT2D eigenvalue weighted by molar-refractivity contribution is 7.89. The van der Waals surface area contributed by atoms with E-state index < -0.39 is 32.1 Å². The minimum atomic E-state index is -3.94. The molecule has 0 fully saturated rings. The number of aromatic nitrogens is 2. The molecule has 0 saturated carbocycles. The SMILES string of the molecule is COc1cccnc1C(NS(=O)(=O)c1ccc2c(c1)OCCCO2)c1cc2ccccc2s1.COc1cccnc1C(NS(=O)(=O)c1ccc2c(c1)OCCCO2)c1cc2ccccc2s1. The number of nitrogens with zero attached hydrogens (tertiary/aromatic N) is 2. The number of benzene rings is 4. The quantitative estimate of drug-likeness (QED) is 0.119. The van der Waals surface area contributed by atoms with Crippen LogP contribution in [0, 0.1) is 0 Å². The van der Waals surface area contributed by atoms with Gasteiger partial charge in [-0.15, -0.1) is 22.7 Å². The fourth-order valence-corrected chi connectivity index (χ4v) is 12.2. The van der Waals surface area contributed by atoms with Gasteiger partial charge in [-0.3, -0.25) is 9.97 Å². The Morgan fingerprint density at radius 3 is 1.33 bits per heavy atom. The Balaban J connectivity index is 0.000000166. The molecule has 0 aliphatic carbocycles. The number of ether oxygens (including phenoxy) is 6. The summed E-state index contributed by atoms with van der Waals surface area (Å²) in [5, 5.41) is 2.07. The first-order valence-electron chi connectivity index (χ1n) is 20.9. The van der Waals surface area contributed by atoms with Crippen molar-refractivity contribution in [3.05, 3.63) is 155 Å². The van der Waals surface area contributed by atoms with Crippen LogP contribution in [0.5, 0.6) is 34.5 Å². The second-order valence-electron chi connectivity index (χ2n) is 15.0. The molecule has 2 unspecified atom stereocenters. The Kier molecular flexibility index (Phi) is 13.4. The molecule has 2 N–H and O–H groups in total. The lowest BCUT2D eigenvalue weighted by atomic mass is 10.1. The van der Waals surface area contributed by atoms with E-state index in [2.05, 4.69) is 19.4 Å². The molecule has 2 atom stereocenters. The summed E-state index contributed by atoms with van der Waals surface area (Å²) in [7, 11) is -4.79. The topological polar surface area (TPSA) is 173 Å². The van der Waals surface area contributed by atoms with Gasteiger partial charge >= 0.3 is 0 Å². The molecule has 2 aliphatic rings. The Bertz CT molecular complexity index is 2950. The lowest BCUT2D eigenvalue weighted by molar-refractivity contribution is 0.296. The molecule has 14 nitrogen and oxygen atoms in total. The molecule has 8 aromatic rings. The highest BCUT2D eigenvalue weighted by atomic mass is 32.2. The van der Waals surface area contributed by atoms with Crippen molar-refractivity contribution < 1.29 is 45.3 Å². The van der Waals surface area contributed by atoms with Crippen LogP contribution >= 0.6 is 22.7 Å². The monoisotopic (exact) mass is 964 g/mol. The van der Waals surface area contributed by atoms with Crippen molar-refractivity contribution in [1.29, 1.82) is 0 Å². The molecule has 10 rings (SSSR count). The van der Waals surface area contributed by atoms with Crippen LogP contribution in [-0.4, -0.2) is 67.5 Å². The number of pyridine rings is 2. The first kappa shape index (κ1) is 44.9. The van der Waals surface area contributed by atoms with Crippen molar-refractivity contribution in [1.82, 2.24) is 19.4 Å². The van der Waals surface area contributed by atoms with Gasteiger partial charge in [0.15, 0.2) is 23.0 Å². The van der Waals surface area contributed by atoms with Gasteiger partial charge in [0.05, 0.1) is 50.4 Å². The molecule has 4 aromatic heterocycles. The van der Waals surface area contributed by atoms with E-state index in [4.69, 9.17) is 28.4 Å². The summed E-state index contributed by atoms with van der Waals surface area (Å²) in [5.74, 6) is 2.92. The Hall–Kier alpha value is -6.28. The molecule has 4 aromatic carbocycles. The zero-order valence-corrected chi connectivity index (χ0v) is 39.0. The third kappa shape index (κ3) is 9.79. The minimum Gasteiger partial charge on any atom is -0.495 e. The zero-order valence-electron chi connectivity index (χ0n) is 35.7. The number of methoxy groups -OCH3 is 2. The minimum absolute atomic E-state index is 0.0905. The number of nitrogens with one attached hydrogen (secondary N) is 2. The second-order valence-corrected chi connectivity index (χ2v) is 20.6. The van der Waals surface area contributed by atoms with Gasteiger partial charge in [0, 0.05) is 56.5 Å². The molecule has 66 heavy (non-hydrogen) atoms. The first-order chi connectivity index (χ1) is 32.1. The molecular formula is C48H44N4O10S4. The van der Waals surface area contributed by atoms with Crippen LogP contribution in [0.2, 0.25) is 0 Å². The van der Waals surface area contributed by atoms with E-state index in [1.165, 1.54) is 46.9 Å². The van der Waals surface area contributed by atoms with E-state index in [1.807, 2.05) is 60.7 Å². The molecule has 0 saturated heterocycles. The van der Waals surface area contributed by atoms with Gasteiger partial charge < -0.3 is 28.4 Å². The third-order valence-corrected chi connectivity index (χ3v) is 15.9. The van der Waals surface area contributed by atoms with Gasteiger partial charge in [-0.1, -0.05) is 36.4 Å². The maximum Gasteiger partial charge on any atom is 0.241 e. The van der Waals surface area contributed by atoms with E-state index in [9.17, 15) is 16.8 Å². The van der Waals surface area contributed by atoms with Gasteiger partial charge in [-0.05, 0) is 83.6 Å². The average Bonchev–Trinajstić information content (AvgIpc) is 3.80. The lowest BCUT2D eigenvalue weighted by Crippen LogP contribution is -2.30. The molecule has 0 bridgehead atoms. The Morgan fingerprint density at radius 1 is 0.515 bits per heavy atom. The van der Waals surface area contributed by atoms with Crippen LogP contribution in [0.4, 0.5) is 0 Å². The molecule has 0 amide bonds. The fourth-order valence-electron chi connectivity index (χ4n) is 7.44. The predicted molar refractivity (Wildman–Crippen MR) is 254 cm³/mol. The summed E-state index contributed by atoms with van der Waals surface area (Å²) in [4.78, 5) is 10.7.